The van der Waals surface area contributed by atoms with E-state index in [1.807, 2.05) is 0 Å². The molecule has 2 aromatic heterocycles. The summed E-state index contributed by atoms with van der Waals surface area (Å²) in [5.74, 6) is -1.03. The maximum Gasteiger partial charge on any atom is 0.303 e. The largest absolute Gasteiger partial charge is 0.479 e. The fraction of sp³-hybridized carbons (Fsp3) is 0.533. The Kier molecular flexibility index (Phi) is 5.10. The normalized spacial score (nSPS) is 24.7. The van der Waals surface area contributed by atoms with Crippen LogP contribution in [0.2, 0.25) is 0 Å². The Labute approximate surface area is 153 Å². The van der Waals surface area contributed by atoms with E-state index in [2.05, 4.69) is 15.0 Å². The summed E-state index contributed by atoms with van der Waals surface area (Å²) in [5, 5.41) is 10.7. The molecule has 4 atom stereocenters. The summed E-state index contributed by atoms with van der Waals surface area (Å²) < 4.78 is 22.4. The number of esters is 2. The first-order chi connectivity index (χ1) is 12.8. The molecule has 2 aromatic rings. The molecule has 0 bridgehead atoms. The molecule has 12 heteroatoms. The van der Waals surface area contributed by atoms with E-state index in [9.17, 15) is 14.7 Å². The van der Waals surface area contributed by atoms with E-state index in [1.165, 1.54) is 31.9 Å². The number of nitrogens with two attached hydrogens (primary N) is 1. The summed E-state index contributed by atoms with van der Waals surface area (Å²) in [5.41, 5.74) is 6.27. The lowest BCUT2D eigenvalue weighted by molar-refractivity contribution is -0.157. The molecule has 1 saturated heterocycles. The Hall–Kier alpha value is -2.99. The number of aliphatic hydroxyl groups excluding tert-OH is 1. The molecule has 0 saturated carbocycles. The van der Waals surface area contributed by atoms with Crippen LogP contribution in [0.3, 0.4) is 0 Å². The molecule has 3 rings (SSSR count). The van der Waals surface area contributed by atoms with Gasteiger partial charge in [0.1, 0.15) is 18.8 Å². The molecule has 0 aromatic carbocycles. The minimum absolute atomic E-state index is 0.0541. The van der Waals surface area contributed by atoms with Crippen LogP contribution in [0, 0.1) is 0 Å². The van der Waals surface area contributed by atoms with Crippen molar-refractivity contribution in [2.45, 2.75) is 38.4 Å². The number of fused-ring (bicyclic) bond motifs is 1. The van der Waals surface area contributed by atoms with Crippen LogP contribution in [-0.4, -0.2) is 68.6 Å². The van der Waals surface area contributed by atoms with Gasteiger partial charge in [0.15, 0.2) is 23.5 Å². The smallest absolute Gasteiger partial charge is 0.303 e. The second kappa shape index (κ2) is 7.32. The third-order valence-corrected chi connectivity index (χ3v) is 3.94. The van der Waals surface area contributed by atoms with E-state index in [0.717, 1.165) is 0 Å². The predicted octanol–water partition coefficient (Wildman–Crippen LogP) is -0.830. The van der Waals surface area contributed by atoms with Crippen molar-refractivity contribution in [3.8, 4) is 5.88 Å². The minimum atomic E-state index is -1.27. The van der Waals surface area contributed by atoms with Crippen LogP contribution in [0.1, 0.15) is 20.1 Å². The lowest BCUT2D eigenvalue weighted by Gasteiger charge is -2.19. The second-order valence-corrected chi connectivity index (χ2v) is 5.85. The number of methoxy groups -OCH3 is 1. The minimum Gasteiger partial charge on any atom is -0.479 e. The van der Waals surface area contributed by atoms with Crippen LogP contribution in [0.4, 0.5) is 5.95 Å². The van der Waals surface area contributed by atoms with Crippen molar-refractivity contribution in [2.24, 2.45) is 0 Å². The SMILES string of the molecule is COc1nc(N)nc2c1ncn2C1OC(COC(C)=O)C(OC(C)=O)C1O. The van der Waals surface area contributed by atoms with E-state index in [1.54, 1.807) is 0 Å². The van der Waals surface area contributed by atoms with Gasteiger partial charge >= 0.3 is 11.9 Å². The quantitative estimate of drug-likeness (QED) is 0.622. The Bertz CT molecular complexity index is 870. The lowest BCUT2D eigenvalue weighted by Crippen LogP contribution is -2.38. The highest BCUT2D eigenvalue weighted by Gasteiger charge is 2.48. The van der Waals surface area contributed by atoms with Crippen LogP contribution >= 0.6 is 0 Å². The third-order valence-electron chi connectivity index (χ3n) is 3.94. The molecule has 27 heavy (non-hydrogen) atoms. The Morgan fingerprint density at radius 2 is 2.07 bits per heavy atom. The standard InChI is InChI=1S/C15H19N5O7/c1-6(21)25-4-8-11(26-7(2)22)10(23)14(27-8)20-5-17-9-12(20)18-15(16)19-13(9)24-3/h5,8,10-11,14,23H,4H2,1-3H3,(H2,16,18,19). The van der Waals surface area contributed by atoms with Crippen molar-refractivity contribution in [2.75, 3.05) is 19.5 Å². The number of nitrogen functional groups attached to an aromatic ring is 1. The van der Waals surface area contributed by atoms with Crippen LogP contribution in [0.25, 0.3) is 11.2 Å². The summed E-state index contributed by atoms with van der Waals surface area (Å²) in [7, 11) is 1.41. The van der Waals surface area contributed by atoms with Crippen LogP contribution in [0.15, 0.2) is 6.33 Å². The molecule has 3 N–H and O–H groups in total. The van der Waals surface area contributed by atoms with Crippen molar-refractivity contribution < 1.29 is 33.6 Å². The van der Waals surface area contributed by atoms with Gasteiger partial charge in [0.25, 0.3) is 0 Å². The van der Waals surface area contributed by atoms with Gasteiger partial charge in [-0.1, -0.05) is 0 Å². The molecule has 0 amide bonds. The van der Waals surface area contributed by atoms with Gasteiger partial charge in [-0.15, -0.1) is 0 Å². The maximum absolute atomic E-state index is 11.4. The van der Waals surface area contributed by atoms with Crippen molar-refractivity contribution in [3.05, 3.63) is 6.33 Å². The van der Waals surface area contributed by atoms with Gasteiger partial charge < -0.3 is 29.8 Å². The molecular weight excluding hydrogens is 362 g/mol. The number of aliphatic hydroxyl groups is 1. The zero-order valence-corrected chi connectivity index (χ0v) is 14.9. The number of hydrogen-bond donors (Lipinski definition) is 2. The highest BCUT2D eigenvalue weighted by molar-refractivity contribution is 5.77. The average Bonchev–Trinajstić information content (AvgIpc) is 3.14. The summed E-state index contributed by atoms with van der Waals surface area (Å²) >= 11 is 0. The van der Waals surface area contributed by atoms with Crippen molar-refractivity contribution in [1.29, 1.82) is 0 Å². The third kappa shape index (κ3) is 3.61. The summed E-state index contributed by atoms with van der Waals surface area (Å²) in [4.78, 5) is 34.7. The van der Waals surface area contributed by atoms with Crippen LogP contribution < -0.4 is 10.5 Å². The first-order valence-electron chi connectivity index (χ1n) is 8.00. The van der Waals surface area contributed by atoms with Gasteiger partial charge in [-0.05, 0) is 0 Å². The molecule has 1 aliphatic heterocycles. The van der Waals surface area contributed by atoms with Crippen LogP contribution in [-0.2, 0) is 23.8 Å². The molecule has 146 valence electrons. The van der Waals surface area contributed by atoms with Gasteiger partial charge in [-0.2, -0.15) is 9.97 Å². The zero-order chi connectivity index (χ0) is 19.7. The molecule has 12 nitrogen and oxygen atoms in total. The van der Waals surface area contributed by atoms with Crippen molar-refractivity contribution in [3.63, 3.8) is 0 Å². The number of nitrogens with zero attached hydrogens (tertiary/aromatic N) is 4. The van der Waals surface area contributed by atoms with Crippen LogP contribution in [0.5, 0.6) is 5.88 Å². The Morgan fingerprint density at radius 1 is 1.33 bits per heavy atom. The number of imidazole rings is 1. The zero-order valence-electron chi connectivity index (χ0n) is 14.9. The highest BCUT2D eigenvalue weighted by Crippen LogP contribution is 2.34. The number of hydrogen-bond acceptors (Lipinski definition) is 11. The highest BCUT2D eigenvalue weighted by atomic mass is 16.6. The van der Waals surface area contributed by atoms with E-state index in [0.29, 0.717) is 5.52 Å². The van der Waals surface area contributed by atoms with Crippen molar-refractivity contribution >= 4 is 29.1 Å². The van der Waals surface area contributed by atoms with Gasteiger partial charge in [0, 0.05) is 13.8 Å². The number of carbonyl (C=O) groups excluding carboxylic acids is 2. The molecule has 1 aliphatic rings. The fourth-order valence-electron chi connectivity index (χ4n) is 2.86. The summed E-state index contributed by atoms with van der Waals surface area (Å²) in [6, 6.07) is 0. The number of rotatable bonds is 5. The molecule has 3 heterocycles. The topological polar surface area (TPSA) is 161 Å². The number of ether oxygens (including phenoxy) is 4. The van der Waals surface area contributed by atoms with E-state index in [-0.39, 0.29) is 24.1 Å². The predicted molar refractivity (Wildman–Crippen MR) is 88.4 cm³/mol. The van der Waals surface area contributed by atoms with Crippen molar-refractivity contribution in [1.82, 2.24) is 19.5 Å². The number of aromatic nitrogens is 4. The number of carbonyl (C=O) groups is 2. The number of anilines is 1. The molecule has 0 spiro atoms. The first kappa shape index (κ1) is 18.8. The van der Waals surface area contributed by atoms with Gasteiger partial charge in [0.05, 0.1) is 13.4 Å². The fourth-order valence-corrected chi connectivity index (χ4v) is 2.86. The molecule has 0 radical (unpaired) electrons. The first-order valence-corrected chi connectivity index (χ1v) is 8.00. The Morgan fingerprint density at radius 3 is 2.70 bits per heavy atom. The molecular formula is C15H19N5O7. The van der Waals surface area contributed by atoms with Gasteiger partial charge in [-0.3, -0.25) is 14.2 Å². The second-order valence-electron chi connectivity index (χ2n) is 5.85. The maximum atomic E-state index is 11.4. The van der Waals surface area contributed by atoms with Gasteiger partial charge in [-0.25, -0.2) is 4.98 Å². The average molecular weight is 381 g/mol. The van der Waals surface area contributed by atoms with E-state index < -0.39 is 36.5 Å². The molecule has 4 unspecified atom stereocenters. The monoisotopic (exact) mass is 381 g/mol. The summed E-state index contributed by atoms with van der Waals surface area (Å²) in [6.07, 6.45) is -2.84. The van der Waals surface area contributed by atoms with E-state index in [4.69, 9.17) is 24.7 Å². The molecule has 1 fully saturated rings. The molecule has 0 aliphatic carbocycles. The summed E-state index contributed by atoms with van der Waals surface area (Å²) in [6.45, 7) is 2.24. The Balaban J connectivity index is 1.96. The van der Waals surface area contributed by atoms with E-state index >= 15 is 0 Å². The lowest BCUT2D eigenvalue weighted by atomic mass is 10.1. The van der Waals surface area contributed by atoms with Gasteiger partial charge in [0.2, 0.25) is 11.8 Å².